The van der Waals surface area contributed by atoms with Crippen molar-refractivity contribution in [2.45, 2.75) is 39.0 Å². The maximum absolute atomic E-state index is 12.4. The molecular formula is C23H30N2O2. The molecule has 0 unspecified atom stereocenters. The Labute approximate surface area is 162 Å². The van der Waals surface area contributed by atoms with Crippen LogP contribution in [0.4, 0.5) is 5.69 Å². The van der Waals surface area contributed by atoms with Crippen molar-refractivity contribution in [1.29, 1.82) is 0 Å². The number of aryl methyl sites for hydroxylation is 1. The molecule has 0 atom stereocenters. The number of piperazine rings is 1. The van der Waals surface area contributed by atoms with Crippen LogP contribution < -0.4 is 15.0 Å². The summed E-state index contributed by atoms with van der Waals surface area (Å²) in [6.45, 7) is 6.24. The molecule has 0 saturated carbocycles. The Kier molecular flexibility index (Phi) is 7.28. The smallest absolute Gasteiger partial charge is 0.343 e. The van der Waals surface area contributed by atoms with E-state index in [1.807, 2.05) is 48.5 Å². The molecule has 2 aromatic rings. The van der Waals surface area contributed by atoms with Gasteiger partial charge in [-0.15, -0.1) is 0 Å². The summed E-state index contributed by atoms with van der Waals surface area (Å²) in [5.74, 6) is 0.282. The molecule has 3 rings (SSSR count). The highest BCUT2D eigenvalue weighted by Crippen LogP contribution is 2.21. The van der Waals surface area contributed by atoms with E-state index in [1.54, 1.807) is 0 Å². The number of hydrogen-bond acceptors (Lipinski definition) is 4. The third-order valence-corrected chi connectivity index (χ3v) is 5.04. The number of hydrogen-bond donors (Lipinski definition) is 1. The second-order valence-electron chi connectivity index (χ2n) is 7.13. The molecule has 1 aliphatic rings. The van der Waals surface area contributed by atoms with Crippen molar-refractivity contribution in [2.24, 2.45) is 0 Å². The van der Waals surface area contributed by atoms with Crippen LogP contribution in [0.25, 0.3) is 0 Å². The first-order chi connectivity index (χ1) is 13.3. The molecule has 27 heavy (non-hydrogen) atoms. The van der Waals surface area contributed by atoms with Crippen LogP contribution in [0.2, 0.25) is 0 Å². The summed E-state index contributed by atoms with van der Waals surface area (Å²) in [6.07, 6.45) is 6.09. The second-order valence-corrected chi connectivity index (χ2v) is 7.13. The summed E-state index contributed by atoms with van der Waals surface area (Å²) in [7, 11) is 0. The predicted molar refractivity (Wildman–Crippen MR) is 111 cm³/mol. The molecule has 4 heteroatoms. The SMILES string of the molecule is CCCCCCc1ccc(C(=O)Oc2ccc(N3CCNCC3)cc2)cc1. The third kappa shape index (κ3) is 5.83. The number of anilines is 1. The maximum atomic E-state index is 12.4. The Balaban J connectivity index is 1.52. The van der Waals surface area contributed by atoms with Gasteiger partial charge >= 0.3 is 5.97 Å². The molecule has 1 aliphatic heterocycles. The van der Waals surface area contributed by atoms with Crippen molar-refractivity contribution >= 4 is 11.7 Å². The Bertz CT molecular complexity index is 704. The zero-order chi connectivity index (χ0) is 18.9. The van der Waals surface area contributed by atoms with Crippen LogP contribution in [0, 0.1) is 0 Å². The van der Waals surface area contributed by atoms with E-state index in [9.17, 15) is 4.79 Å². The summed E-state index contributed by atoms with van der Waals surface area (Å²) < 4.78 is 5.53. The summed E-state index contributed by atoms with van der Waals surface area (Å²) in [4.78, 5) is 14.7. The zero-order valence-corrected chi connectivity index (χ0v) is 16.2. The Morgan fingerprint density at radius 3 is 2.33 bits per heavy atom. The van der Waals surface area contributed by atoms with E-state index in [0.29, 0.717) is 11.3 Å². The molecule has 0 amide bonds. The van der Waals surface area contributed by atoms with Crippen molar-refractivity contribution in [3.8, 4) is 5.75 Å². The van der Waals surface area contributed by atoms with E-state index in [2.05, 4.69) is 17.1 Å². The molecule has 1 N–H and O–H groups in total. The minimum atomic E-state index is -0.303. The van der Waals surface area contributed by atoms with Gasteiger partial charge in [-0.05, 0) is 54.8 Å². The molecule has 2 aromatic carbocycles. The van der Waals surface area contributed by atoms with Crippen molar-refractivity contribution in [3.63, 3.8) is 0 Å². The van der Waals surface area contributed by atoms with Gasteiger partial charge in [0.25, 0.3) is 0 Å². The first kappa shape index (κ1) is 19.4. The van der Waals surface area contributed by atoms with Crippen LogP contribution >= 0.6 is 0 Å². The molecule has 4 nitrogen and oxygen atoms in total. The summed E-state index contributed by atoms with van der Waals surface area (Å²) in [6, 6.07) is 15.6. The van der Waals surface area contributed by atoms with Crippen LogP contribution in [0.3, 0.4) is 0 Å². The molecule has 0 radical (unpaired) electrons. The van der Waals surface area contributed by atoms with E-state index in [-0.39, 0.29) is 5.97 Å². The number of carbonyl (C=O) groups is 1. The molecule has 0 spiro atoms. The van der Waals surface area contributed by atoms with E-state index in [4.69, 9.17) is 4.74 Å². The average Bonchev–Trinajstić information content (AvgIpc) is 2.73. The summed E-state index contributed by atoms with van der Waals surface area (Å²) >= 11 is 0. The number of nitrogens with zero attached hydrogens (tertiary/aromatic N) is 1. The monoisotopic (exact) mass is 366 g/mol. The minimum absolute atomic E-state index is 0.303. The largest absolute Gasteiger partial charge is 0.423 e. The van der Waals surface area contributed by atoms with Gasteiger partial charge in [0, 0.05) is 31.9 Å². The summed E-state index contributed by atoms with van der Waals surface area (Å²) in [5.41, 5.74) is 3.05. The lowest BCUT2D eigenvalue weighted by molar-refractivity contribution is 0.0735. The number of benzene rings is 2. The molecule has 0 aromatic heterocycles. The van der Waals surface area contributed by atoms with Gasteiger partial charge in [-0.1, -0.05) is 38.3 Å². The normalized spacial score (nSPS) is 14.2. The van der Waals surface area contributed by atoms with E-state index >= 15 is 0 Å². The summed E-state index contributed by atoms with van der Waals surface area (Å²) in [5, 5.41) is 3.35. The van der Waals surface area contributed by atoms with Gasteiger partial charge in [0.2, 0.25) is 0 Å². The van der Waals surface area contributed by atoms with Gasteiger partial charge < -0.3 is 15.0 Å². The van der Waals surface area contributed by atoms with Gasteiger partial charge in [-0.25, -0.2) is 4.79 Å². The molecule has 1 fully saturated rings. The highest BCUT2D eigenvalue weighted by atomic mass is 16.5. The Morgan fingerprint density at radius 2 is 1.67 bits per heavy atom. The molecule has 1 heterocycles. The van der Waals surface area contributed by atoms with Gasteiger partial charge in [0.05, 0.1) is 5.56 Å². The number of rotatable bonds is 8. The average molecular weight is 367 g/mol. The lowest BCUT2D eigenvalue weighted by atomic mass is 10.0. The van der Waals surface area contributed by atoms with E-state index in [1.165, 1.54) is 36.9 Å². The van der Waals surface area contributed by atoms with Crippen LogP contribution in [0.1, 0.15) is 48.5 Å². The van der Waals surface area contributed by atoms with E-state index in [0.717, 1.165) is 32.6 Å². The Hall–Kier alpha value is -2.33. The van der Waals surface area contributed by atoms with Crippen molar-refractivity contribution in [2.75, 3.05) is 31.1 Å². The number of carbonyl (C=O) groups excluding carboxylic acids is 1. The fourth-order valence-corrected chi connectivity index (χ4v) is 3.38. The molecule has 0 aliphatic carbocycles. The lowest BCUT2D eigenvalue weighted by Gasteiger charge is -2.29. The zero-order valence-electron chi connectivity index (χ0n) is 16.2. The van der Waals surface area contributed by atoms with Crippen molar-refractivity contribution in [1.82, 2.24) is 5.32 Å². The molecular weight excluding hydrogens is 336 g/mol. The maximum Gasteiger partial charge on any atom is 0.343 e. The van der Waals surface area contributed by atoms with Gasteiger partial charge in [0.15, 0.2) is 0 Å². The standard InChI is InChI=1S/C23H30N2O2/c1-2-3-4-5-6-19-7-9-20(10-8-19)23(26)27-22-13-11-21(12-14-22)25-17-15-24-16-18-25/h7-14,24H,2-6,15-18H2,1H3. The first-order valence-electron chi connectivity index (χ1n) is 10.1. The van der Waals surface area contributed by atoms with Gasteiger partial charge in [-0.3, -0.25) is 0 Å². The van der Waals surface area contributed by atoms with Crippen LogP contribution in [-0.4, -0.2) is 32.1 Å². The molecule has 144 valence electrons. The number of esters is 1. The van der Waals surface area contributed by atoms with Crippen molar-refractivity contribution < 1.29 is 9.53 Å². The third-order valence-electron chi connectivity index (χ3n) is 5.04. The Morgan fingerprint density at radius 1 is 0.963 bits per heavy atom. The van der Waals surface area contributed by atoms with Crippen LogP contribution in [-0.2, 0) is 6.42 Å². The number of unbranched alkanes of at least 4 members (excludes halogenated alkanes) is 3. The molecule has 1 saturated heterocycles. The highest BCUT2D eigenvalue weighted by Gasteiger charge is 2.12. The fourth-order valence-electron chi connectivity index (χ4n) is 3.38. The minimum Gasteiger partial charge on any atom is -0.423 e. The molecule has 0 bridgehead atoms. The van der Waals surface area contributed by atoms with E-state index < -0.39 is 0 Å². The fraction of sp³-hybridized carbons (Fsp3) is 0.435. The van der Waals surface area contributed by atoms with Gasteiger partial charge in [0.1, 0.15) is 5.75 Å². The lowest BCUT2D eigenvalue weighted by Crippen LogP contribution is -2.43. The highest BCUT2D eigenvalue weighted by molar-refractivity contribution is 5.91. The number of ether oxygens (including phenoxy) is 1. The van der Waals surface area contributed by atoms with Crippen LogP contribution in [0.5, 0.6) is 5.75 Å². The second kappa shape index (κ2) is 10.1. The van der Waals surface area contributed by atoms with Crippen LogP contribution in [0.15, 0.2) is 48.5 Å². The van der Waals surface area contributed by atoms with Crippen molar-refractivity contribution in [3.05, 3.63) is 59.7 Å². The quantitative estimate of drug-likeness (QED) is 0.426. The van der Waals surface area contributed by atoms with Gasteiger partial charge in [-0.2, -0.15) is 0 Å². The predicted octanol–water partition coefficient (Wildman–Crippen LogP) is 4.44. The topological polar surface area (TPSA) is 41.6 Å². The number of nitrogens with one attached hydrogen (secondary N) is 1. The first-order valence-corrected chi connectivity index (χ1v) is 10.1.